The third-order valence-corrected chi connectivity index (χ3v) is 4.68. The van der Waals surface area contributed by atoms with Crippen molar-refractivity contribution in [2.24, 2.45) is 11.8 Å². The molecule has 4 atom stereocenters. The first-order chi connectivity index (χ1) is 8.11. The minimum absolute atomic E-state index is 0.00341. The fraction of sp³-hybridized carbons (Fsp3) is 0.846. The van der Waals surface area contributed by atoms with E-state index in [2.05, 4.69) is 31.1 Å². The van der Waals surface area contributed by atoms with Crippen LogP contribution in [-0.4, -0.2) is 15.0 Å². The third kappa shape index (κ3) is 2.82. The number of alkyl halides is 1. The molecule has 0 aliphatic heterocycles. The summed E-state index contributed by atoms with van der Waals surface area (Å²) in [5.41, 5.74) is 0.917. The molecule has 0 amide bonds. The predicted molar refractivity (Wildman–Crippen MR) is 70.1 cm³/mol. The zero-order chi connectivity index (χ0) is 12.4. The van der Waals surface area contributed by atoms with Crippen LogP contribution < -0.4 is 0 Å². The Kier molecular flexibility index (Phi) is 4.08. The summed E-state index contributed by atoms with van der Waals surface area (Å²) in [4.78, 5) is 0. The van der Waals surface area contributed by atoms with Gasteiger partial charge in [-0.25, -0.2) is 4.68 Å². The SMILES string of the molecule is CCC(Cl)c1cn(C2CCC(C)C(C)C2)nn1. The molecule has 96 valence electrons. The Balaban J connectivity index is 2.05. The summed E-state index contributed by atoms with van der Waals surface area (Å²) in [5.74, 6) is 1.62. The molecule has 17 heavy (non-hydrogen) atoms. The van der Waals surface area contributed by atoms with E-state index in [9.17, 15) is 0 Å². The Hall–Kier alpha value is -0.570. The van der Waals surface area contributed by atoms with Gasteiger partial charge in [-0.3, -0.25) is 0 Å². The van der Waals surface area contributed by atoms with Crippen molar-refractivity contribution in [3.63, 3.8) is 0 Å². The molecule has 4 heteroatoms. The predicted octanol–water partition coefficient (Wildman–Crippen LogP) is 3.97. The van der Waals surface area contributed by atoms with Gasteiger partial charge in [-0.15, -0.1) is 16.7 Å². The second-order valence-electron chi connectivity index (χ2n) is 5.42. The van der Waals surface area contributed by atoms with Crippen LogP contribution in [-0.2, 0) is 0 Å². The molecule has 4 unspecified atom stereocenters. The van der Waals surface area contributed by atoms with Crippen molar-refractivity contribution in [1.29, 1.82) is 0 Å². The molecule has 0 saturated heterocycles. The molecule has 0 bridgehead atoms. The standard InChI is InChI=1S/C13H22ClN3/c1-4-12(14)13-8-17(16-15-13)11-6-5-9(2)10(3)7-11/h8-12H,4-7H2,1-3H3. The molecule has 1 aromatic heterocycles. The molecule has 3 nitrogen and oxygen atoms in total. The molecule has 0 N–H and O–H groups in total. The van der Waals surface area contributed by atoms with Crippen molar-refractivity contribution in [3.8, 4) is 0 Å². The highest BCUT2D eigenvalue weighted by Gasteiger charge is 2.26. The van der Waals surface area contributed by atoms with Crippen LogP contribution in [0.5, 0.6) is 0 Å². The normalized spacial score (nSPS) is 31.4. The maximum atomic E-state index is 6.18. The fourth-order valence-electron chi connectivity index (χ4n) is 2.58. The molecule has 1 heterocycles. The van der Waals surface area contributed by atoms with Crippen LogP contribution in [0.25, 0.3) is 0 Å². The maximum absolute atomic E-state index is 6.18. The van der Waals surface area contributed by atoms with Gasteiger partial charge in [0.15, 0.2) is 0 Å². The summed E-state index contributed by atoms with van der Waals surface area (Å²) >= 11 is 6.18. The van der Waals surface area contributed by atoms with Crippen LogP contribution in [0.3, 0.4) is 0 Å². The number of aromatic nitrogens is 3. The maximum Gasteiger partial charge on any atom is 0.101 e. The lowest BCUT2D eigenvalue weighted by molar-refractivity contribution is 0.199. The second-order valence-corrected chi connectivity index (χ2v) is 5.95. The van der Waals surface area contributed by atoms with Gasteiger partial charge < -0.3 is 0 Å². The van der Waals surface area contributed by atoms with Crippen LogP contribution in [0.15, 0.2) is 6.20 Å². The molecular weight excluding hydrogens is 234 g/mol. The number of hydrogen-bond acceptors (Lipinski definition) is 2. The Bertz CT molecular complexity index is 363. The average Bonchev–Trinajstić information content (AvgIpc) is 2.81. The molecular formula is C13H22ClN3. The zero-order valence-corrected chi connectivity index (χ0v) is 11.7. The number of rotatable bonds is 3. The van der Waals surface area contributed by atoms with E-state index in [1.165, 1.54) is 19.3 Å². The third-order valence-electron chi connectivity index (χ3n) is 4.15. The first-order valence-corrected chi connectivity index (χ1v) is 7.11. The van der Waals surface area contributed by atoms with E-state index in [0.29, 0.717) is 6.04 Å². The zero-order valence-electron chi connectivity index (χ0n) is 10.9. The van der Waals surface area contributed by atoms with Crippen LogP contribution >= 0.6 is 11.6 Å². The largest absolute Gasteiger partial charge is 0.249 e. The Morgan fingerprint density at radius 1 is 1.41 bits per heavy atom. The lowest BCUT2D eigenvalue weighted by Gasteiger charge is -2.31. The van der Waals surface area contributed by atoms with Gasteiger partial charge in [0.05, 0.1) is 17.6 Å². The molecule has 1 saturated carbocycles. The van der Waals surface area contributed by atoms with Crippen molar-refractivity contribution in [1.82, 2.24) is 15.0 Å². The van der Waals surface area contributed by atoms with Gasteiger partial charge in [-0.05, 0) is 37.5 Å². The van der Waals surface area contributed by atoms with Gasteiger partial charge in [0, 0.05) is 0 Å². The lowest BCUT2D eigenvalue weighted by atomic mass is 9.79. The number of hydrogen-bond donors (Lipinski definition) is 0. The molecule has 2 rings (SSSR count). The summed E-state index contributed by atoms with van der Waals surface area (Å²) < 4.78 is 2.03. The van der Waals surface area contributed by atoms with Gasteiger partial charge in [-0.1, -0.05) is 26.0 Å². The van der Waals surface area contributed by atoms with E-state index in [0.717, 1.165) is 24.0 Å². The van der Waals surface area contributed by atoms with E-state index in [4.69, 9.17) is 11.6 Å². The average molecular weight is 256 g/mol. The molecule has 0 spiro atoms. The van der Waals surface area contributed by atoms with Gasteiger partial charge in [0.1, 0.15) is 5.69 Å². The first kappa shape index (κ1) is 12.9. The summed E-state index contributed by atoms with van der Waals surface area (Å²) in [7, 11) is 0. The van der Waals surface area contributed by atoms with Crippen molar-refractivity contribution >= 4 is 11.6 Å². The van der Waals surface area contributed by atoms with Crippen LogP contribution in [0, 0.1) is 11.8 Å². The van der Waals surface area contributed by atoms with Gasteiger partial charge in [-0.2, -0.15) is 0 Å². The highest BCUT2D eigenvalue weighted by atomic mass is 35.5. The van der Waals surface area contributed by atoms with Gasteiger partial charge in [0.2, 0.25) is 0 Å². The summed E-state index contributed by atoms with van der Waals surface area (Å²) in [5, 5.41) is 8.44. The molecule has 0 aromatic carbocycles. The van der Waals surface area contributed by atoms with E-state index in [1.807, 2.05) is 10.9 Å². The highest BCUT2D eigenvalue weighted by molar-refractivity contribution is 6.20. The molecule has 1 aliphatic carbocycles. The Morgan fingerprint density at radius 2 is 2.18 bits per heavy atom. The molecule has 1 fully saturated rings. The minimum atomic E-state index is 0.00341. The van der Waals surface area contributed by atoms with Gasteiger partial charge in [0.25, 0.3) is 0 Å². The molecule has 1 aliphatic rings. The first-order valence-electron chi connectivity index (χ1n) is 6.67. The number of nitrogens with zero attached hydrogens (tertiary/aromatic N) is 3. The monoisotopic (exact) mass is 255 g/mol. The fourth-order valence-corrected chi connectivity index (χ4v) is 2.68. The van der Waals surface area contributed by atoms with E-state index in [-0.39, 0.29) is 5.38 Å². The van der Waals surface area contributed by atoms with Crippen molar-refractivity contribution < 1.29 is 0 Å². The van der Waals surface area contributed by atoms with Crippen LogP contribution in [0.1, 0.15) is 63.6 Å². The highest BCUT2D eigenvalue weighted by Crippen LogP contribution is 2.36. The van der Waals surface area contributed by atoms with E-state index in [1.54, 1.807) is 0 Å². The molecule has 0 radical (unpaired) electrons. The quantitative estimate of drug-likeness (QED) is 0.766. The molecule has 1 aromatic rings. The Labute approximate surface area is 109 Å². The van der Waals surface area contributed by atoms with E-state index < -0.39 is 0 Å². The number of halogens is 1. The van der Waals surface area contributed by atoms with Crippen LogP contribution in [0.4, 0.5) is 0 Å². The van der Waals surface area contributed by atoms with Gasteiger partial charge >= 0.3 is 0 Å². The summed E-state index contributed by atoms with van der Waals surface area (Å²) in [6.07, 6.45) is 6.66. The van der Waals surface area contributed by atoms with Crippen molar-refractivity contribution in [2.75, 3.05) is 0 Å². The summed E-state index contributed by atoms with van der Waals surface area (Å²) in [6.45, 7) is 6.76. The Morgan fingerprint density at radius 3 is 2.82 bits per heavy atom. The van der Waals surface area contributed by atoms with Crippen molar-refractivity contribution in [3.05, 3.63) is 11.9 Å². The van der Waals surface area contributed by atoms with E-state index >= 15 is 0 Å². The lowest BCUT2D eigenvalue weighted by Crippen LogP contribution is -2.23. The summed E-state index contributed by atoms with van der Waals surface area (Å²) in [6, 6.07) is 0.517. The topological polar surface area (TPSA) is 30.7 Å². The van der Waals surface area contributed by atoms with Crippen molar-refractivity contribution in [2.45, 2.75) is 57.9 Å². The smallest absolute Gasteiger partial charge is 0.101 e. The van der Waals surface area contributed by atoms with Crippen LogP contribution in [0.2, 0.25) is 0 Å². The minimum Gasteiger partial charge on any atom is -0.249 e. The second kappa shape index (κ2) is 5.38.